The molecule has 0 saturated carbocycles. The molecule has 0 aromatic heterocycles. The van der Waals surface area contributed by atoms with Gasteiger partial charge in [-0.2, -0.15) is 0 Å². The largest absolute Gasteiger partial charge is 0.465 e. The highest BCUT2D eigenvalue weighted by molar-refractivity contribution is 7.99. The molecule has 0 aliphatic carbocycles. The Kier molecular flexibility index (Phi) is 13.1. The third-order valence-corrected chi connectivity index (χ3v) is 7.81. The molecule has 0 bridgehead atoms. The highest BCUT2D eigenvalue weighted by Gasteiger charge is 2.37. The summed E-state index contributed by atoms with van der Waals surface area (Å²) < 4.78 is 5.32. The Balaban J connectivity index is 0.00000506. The first-order chi connectivity index (χ1) is 20.4. The smallest absolute Gasteiger partial charge is 0.355 e. The standard InChI is InChI=1S/C32H35N3O6S.ClH/c1-3-40-31(38)25(19-18-23-12-6-4-7-13-23)34-27-21-42-29-17-11-10-16-28(29)35(30(27)37)41-32(39)26(33-22(2)36)20-24-14-8-5-9-15-24;/h4-17,25-27,34H,3,18-21H2,1-2H3,(H,33,36);1H/t25-,26-,27-;/m0./s1. The van der Waals surface area contributed by atoms with Gasteiger partial charge in [-0.3, -0.25) is 19.7 Å². The summed E-state index contributed by atoms with van der Waals surface area (Å²) in [5, 5.41) is 6.82. The fraction of sp³-hybridized carbons (Fsp3) is 0.312. The topological polar surface area (TPSA) is 114 Å². The Hall–Kier alpha value is -3.86. The number of amides is 2. The van der Waals surface area contributed by atoms with Crippen molar-refractivity contribution in [1.29, 1.82) is 0 Å². The van der Waals surface area contributed by atoms with E-state index in [0.29, 0.717) is 24.3 Å². The van der Waals surface area contributed by atoms with Crippen LogP contribution in [0, 0.1) is 0 Å². The third kappa shape index (κ3) is 9.57. The van der Waals surface area contributed by atoms with E-state index >= 15 is 0 Å². The van der Waals surface area contributed by atoms with Gasteiger partial charge in [-0.05, 0) is 43.0 Å². The second kappa shape index (κ2) is 16.7. The van der Waals surface area contributed by atoms with Crippen molar-refractivity contribution in [3.8, 4) is 0 Å². The molecule has 1 aliphatic rings. The van der Waals surface area contributed by atoms with Gasteiger partial charge in [0.25, 0.3) is 5.91 Å². The van der Waals surface area contributed by atoms with E-state index in [4.69, 9.17) is 9.57 Å². The maximum atomic E-state index is 14.0. The molecule has 0 spiro atoms. The second-order valence-corrected chi connectivity index (χ2v) is 10.9. The summed E-state index contributed by atoms with van der Waals surface area (Å²) in [6.45, 7) is 3.26. The van der Waals surface area contributed by atoms with Crippen LogP contribution in [0.5, 0.6) is 0 Å². The quantitative estimate of drug-likeness (QED) is 0.287. The monoisotopic (exact) mass is 625 g/mol. The molecule has 0 radical (unpaired) electrons. The van der Waals surface area contributed by atoms with Gasteiger partial charge in [0.05, 0.1) is 12.3 Å². The Morgan fingerprint density at radius 2 is 1.53 bits per heavy atom. The number of rotatable bonds is 12. The molecule has 2 N–H and O–H groups in total. The third-order valence-electron chi connectivity index (χ3n) is 6.65. The normalized spacial score (nSPS) is 15.6. The number of carbonyl (C=O) groups is 4. The van der Waals surface area contributed by atoms with Crippen LogP contribution in [0.4, 0.5) is 5.69 Å². The fourth-order valence-corrected chi connectivity index (χ4v) is 5.68. The van der Waals surface area contributed by atoms with Crippen LogP contribution in [0.3, 0.4) is 0 Å². The number of benzene rings is 3. The molecule has 0 fully saturated rings. The van der Waals surface area contributed by atoms with Crippen molar-refractivity contribution in [2.24, 2.45) is 0 Å². The molecule has 0 unspecified atom stereocenters. The molecule has 0 saturated heterocycles. The number of thioether (sulfide) groups is 1. The lowest BCUT2D eigenvalue weighted by atomic mass is 10.0. The molecule has 3 aromatic carbocycles. The molecular weight excluding hydrogens is 590 g/mol. The molecule has 4 rings (SSSR count). The molecule has 3 aromatic rings. The van der Waals surface area contributed by atoms with Crippen LogP contribution < -0.4 is 15.7 Å². The van der Waals surface area contributed by atoms with Crippen molar-refractivity contribution in [3.05, 3.63) is 96.1 Å². The van der Waals surface area contributed by atoms with Crippen LogP contribution >= 0.6 is 24.2 Å². The predicted molar refractivity (Wildman–Crippen MR) is 168 cm³/mol. The van der Waals surface area contributed by atoms with Gasteiger partial charge >= 0.3 is 11.9 Å². The van der Waals surface area contributed by atoms with E-state index < -0.39 is 41.9 Å². The van der Waals surface area contributed by atoms with E-state index in [0.717, 1.165) is 21.1 Å². The number of nitrogens with one attached hydrogen (secondary N) is 2. The lowest BCUT2D eigenvalue weighted by Gasteiger charge is -2.28. The predicted octanol–water partition coefficient (Wildman–Crippen LogP) is 4.28. The molecule has 1 aliphatic heterocycles. The summed E-state index contributed by atoms with van der Waals surface area (Å²) >= 11 is 1.42. The lowest BCUT2D eigenvalue weighted by molar-refractivity contribution is -0.154. The minimum absolute atomic E-state index is 0. The Morgan fingerprint density at radius 3 is 2.19 bits per heavy atom. The first kappa shape index (κ1) is 33.6. The van der Waals surface area contributed by atoms with Gasteiger partial charge in [0.15, 0.2) is 0 Å². The zero-order valence-corrected chi connectivity index (χ0v) is 25.7. The van der Waals surface area contributed by atoms with E-state index in [9.17, 15) is 19.2 Å². The van der Waals surface area contributed by atoms with Crippen LogP contribution in [0.2, 0.25) is 0 Å². The number of anilines is 1. The average molecular weight is 626 g/mol. The highest BCUT2D eigenvalue weighted by atomic mass is 35.5. The SMILES string of the molecule is CCOC(=O)[C@H](CCc1ccccc1)N[C@H]1CSc2ccccc2N(OC(=O)[C@H](Cc2ccccc2)NC(C)=O)C1=O.Cl. The lowest BCUT2D eigenvalue weighted by Crippen LogP contribution is -2.54. The highest BCUT2D eigenvalue weighted by Crippen LogP contribution is 2.35. The van der Waals surface area contributed by atoms with Crippen LogP contribution in [0.15, 0.2) is 89.8 Å². The van der Waals surface area contributed by atoms with Crippen LogP contribution in [-0.2, 0) is 41.6 Å². The Labute approximate surface area is 262 Å². The number of para-hydroxylation sites is 1. The zero-order valence-electron chi connectivity index (χ0n) is 24.1. The maximum Gasteiger partial charge on any atom is 0.355 e. The molecule has 9 nitrogen and oxygen atoms in total. The molecular formula is C32H36ClN3O6S. The maximum absolute atomic E-state index is 14.0. The van der Waals surface area contributed by atoms with Crippen molar-refractivity contribution in [2.75, 3.05) is 17.4 Å². The Bertz CT molecular complexity index is 1380. The fourth-order valence-electron chi connectivity index (χ4n) is 4.62. The van der Waals surface area contributed by atoms with E-state index in [-0.39, 0.29) is 25.4 Å². The number of hydroxylamine groups is 1. The molecule has 228 valence electrons. The van der Waals surface area contributed by atoms with Crippen molar-refractivity contribution < 1.29 is 28.8 Å². The van der Waals surface area contributed by atoms with Crippen molar-refractivity contribution in [2.45, 2.75) is 56.1 Å². The minimum Gasteiger partial charge on any atom is -0.465 e. The second-order valence-electron chi connectivity index (χ2n) is 9.81. The van der Waals surface area contributed by atoms with Crippen molar-refractivity contribution in [3.63, 3.8) is 0 Å². The molecule has 43 heavy (non-hydrogen) atoms. The number of ether oxygens (including phenoxy) is 1. The van der Waals surface area contributed by atoms with E-state index in [2.05, 4.69) is 10.6 Å². The van der Waals surface area contributed by atoms with Crippen LogP contribution in [0.25, 0.3) is 0 Å². The van der Waals surface area contributed by atoms with Crippen molar-refractivity contribution in [1.82, 2.24) is 10.6 Å². The Morgan fingerprint density at radius 1 is 0.907 bits per heavy atom. The summed E-state index contributed by atoms with van der Waals surface area (Å²) in [4.78, 5) is 58.8. The van der Waals surface area contributed by atoms with Gasteiger partial charge in [0.2, 0.25) is 5.91 Å². The summed E-state index contributed by atoms with van der Waals surface area (Å²) in [5.74, 6) is -1.87. The van der Waals surface area contributed by atoms with Gasteiger partial charge in [0.1, 0.15) is 18.1 Å². The average Bonchev–Trinajstić information content (AvgIpc) is 3.12. The van der Waals surface area contributed by atoms with Gasteiger partial charge in [-0.15, -0.1) is 29.2 Å². The molecule has 1 heterocycles. The number of esters is 1. The summed E-state index contributed by atoms with van der Waals surface area (Å²) in [6.07, 6.45) is 1.19. The van der Waals surface area contributed by atoms with Crippen LogP contribution in [-0.4, -0.2) is 54.2 Å². The zero-order chi connectivity index (χ0) is 29.9. The summed E-state index contributed by atoms with van der Waals surface area (Å²) in [7, 11) is 0. The van der Waals surface area contributed by atoms with Crippen LogP contribution in [0.1, 0.15) is 31.4 Å². The molecule has 3 atom stereocenters. The number of fused-ring (bicyclic) bond motifs is 1. The van der Waals surface area contributed by atoms with E-state index in [1.165, 1.54) is 18.7 Å². The first-order valence-corrected chi connectivity index (χ1v) is 14.9. The van der Waals surface area contributed by atoms with Gasteiger partial charge < -0.3 is 14.9 Å². The number of carbonyl (C=O) groups excluding carboxylic acids is 4. The van der Waals surface area contributed by atoms with Crippen molar-refractivity contribution >= 4 is 53.6 Å². The number of hydrogen-bond donors (Lipinski definition) is 2. The number of aryl methyl sites for hydroxylation is 1. The number of nitrogens with zero attached hydrogens (tertiary/aromatic N) is 1. The minimum atomic E-state index is -1.02. The molecule has 11 heteroatoms. The first-order valence-electron chi connectivity index (χ1n) is 13.9. The number of halogens is 1. The van der Waals surface area contributed by atoms with Gasteiger partial charge in [-0.1, -0.05) is 72.8 Å². The summed E-state index contributed by atoms with van der Waals surface area (Å²) in [5.41, 5.74) is 2.28. The van der Waals surface area contributed by atoms with Gasteiger partial charge in [0, 0.05) is 24.0 Å². The number of hydrogen-bond acceptors (Lipinski definition) is 8. The summed E-state index contributed by atoms with van der Waals surface area (Å²) in [6, 6.07) is 23.4. The van der Waals surface area contributed by atoms with E-state index in [1.807, 2.05) is 72.8 Å². The van der Waals surface area contributed by atoms with E-state index in [1.54, 1.807) is 19.1 Å². The molecule has 2 amide bonds. The van der Waals surface area contributed by atoms with Gasteiger partial charge in [-0.25, -0.2) is 4.79 Å².